The van der Waals surface area contributed by atoms with E-state index in [1.807, 2.05) is 13.8 Å². The van der Waals surface area contributed by atoms with Gasteiger partial charge in [-0.1, -0.05) is 35.8 Å². The largest absolute Gasteiger partial charge is 0.274 e. The first-order valence-corrected chi connectivity index (χ1v) is 7.90. The Labute approximate surface area is 116 Å². The maximum Gasteiger partial charge on any atom is 0.264 e. The first-order chi connectivity index (χ1) is 8.31. The molecule has 1 aromatic carbocycles. The molecule has 0 saturated carbocycles. The third kappa shape index (κ3) is 4.78. The van der Waals surface area contributed by atoms with E-state index in [-0.39, 0.29) is 11.3 Å². The first-order valence-electron chi connectivity index (χ1n) is 5.62. The lowest BCUT2D eigenvalue weighted by atomic mass is 10.1. The van der Waals surface area contributed by atoms with Gasteiger partial charge in [0.05, 0.1) is 4.90 Å². The third-order valence-electron chi connectivity index (χ3n) is 2.30. The Morgan fingerprint density at radius 1 is 1.39 bits per heavy atom. The number of hydrogen-bond acceptors (Lipinski definition) is 3. The molecule has 100 valence electrons. The molecule has 0 aliphatic rings. The molecule has 18 heavy (non-hydrogen) atoms. The summed E-state index contributed by atoms with van der Waals surface area (Å²) < 4.78 is 26.5. The number of benzene rings is 1. The van der Waals surface area contributed by atoms with Gasteiger partial charge in [-0.2, -0.15) is 0 Å². The van der Waals surface area contributed by atoms with Crippen molar-refractivity contribution in [1.82, 2.24) is 4.72 Å². The van der Waals surface area contributed by atoms with Crippen molar-refractivity contribution in [2.45, 2.75) is 31.6 Å². The lowest BCUT2D eigenvalue weighted by Crippen LogP contribution is -2.30. The van der Waals surface area contributed by atoms with Gasteiger partial charge in [-0.25, -0.2) is 13.1 Å². The van der Waals surface area contributed by atoms with E-state index >= 15 is 0 Å². The monoisotopic (exact) mass is 333 g/mol. The molecular weight excluding hydrogens is 318 g/mol. The van der Waals surface area contributed by atoms with Crippen molar-refractivity contribution in [2.75, 3.05) is 0 Å². The lowest BCUT2D eigenvalue weighted by molar-refractivity contribution is -0.119. The zero-order valence-corrected chi connectivity index (χ0v) is 12.7. The molecule has 0 heterocycles. The summed E-state index contributed by atoms with van der Waals surface area (Å²) in [5, 5.41) is 0. The van der Waals surface area contributed by atoms with Gasteiger partial charge in [0.25, 0.3) is 10.0 Å². The van der Waals surface area contributed by atoms with Gasteiger partial charge in [-0.3, -0.25) is 4.79 Å². The first kappa shape index (κ1) is 15.2. The van der Waals surface area contributed by atoms with Gasteiger partial charge in [0.15, 0.2) is 0 Å². The van der Waals surface area contributed by atoms with E-state index in [2.05, 4.69) is 20.7 Å². The fourth-order valence-corrected chi connectivity index (χ4v) is 2.92. The molecule has 0 bridgehead atoms. The van der Waals surface area contributed by atoms with Crippen molar-refractivity contribution >= 4 is 31.9 Å². The number of sulfonamides is 1. The number of halogens is 1. The Morgan fingerprint density at radius 2 is 2.06 bits per heavy atom. The highest BCUT2D eigenvalue weighted by atomic mass is 79.9. The van der Waals surface area contributed by atoms with Crippen LogP contribution in [0.25, 0.3) is 0 Å². The molecule has 0 fully saturated rings. The maximum absolute atomic E-state index is 11.9. The predicted molar refractivity (Wildman–Crippen MR) is 73.5 cm³/mol. The van der Waals surface area contributed by atoms with Crippen LogP contribution in [0.1, 0.15) is 26.7 Å². The fourth-order valence-electron chi connectivity index (χ4n) is 1.31. The van der Waals surface area contributed by atoms with E-state index in [9.17, 15) is 13.2 Å². The van der Waals surface area contributed by atoms with Crippen molar-refractivity contribution in [3.05, 3.63) is 28.7 Å². The van der Waals surface area contributed by atoms with Gasteiger partial charge in [0.2, 0.25) is 5.91 Å². The minimum atomic E-state index is -3.76. The van der Waals surface area contributed by atoms with Crippen LogP contribution in [0.4, 0.5) is 0 Å². The average molecular weight is 334 g/mol. The van der Waals surface area contributed by atoms with E-state index in [1.165, 1.54) is 12.1 Å². The average Bonchev–Trinajstić information content (AvgIpc) is 2.26. The highest BCUT2D eigenvalue weighted by Gasteiger charge is 2.17. The summed E-state index contributed by atoms with van der Waals surface area (Å²) >= 11 is 3.19. The van der Waals surface area contributed by atoms with Gasteiger partial charge in [0.1, 0.15) is 0 Å². The normalized spacial score (nSPS) is 11.6. The van der Waals surface area contributed by atoms with Crippen molar-refractivity contribution in [1.29, 1.82) is 0 Å². The zero-order chi connectivity index (χ0) is 13.8. The summed E-state index contributed by atoms with van der Waals surface area (Å²) in [5.74, 6) is -0.104. The van der Waals surface area contributed by atoms with Crippen LogP contribution in [0.15, 0.2) is 33.6 Å². The number of nitrogens with one attached hydrogen (secondary N) is 1. The quantitative estimate of drug-likeness (QED) is 0.900. The minimum absolute atomic E-state index is 0.0785. The number of carbonyl (C=O) groups is 1. The SMILES string of the molecule is CC(C)CCC(=O)NS(=O)(=O)c1cccc(Br)c1. The summed E-state index contributed by atoms with van der Waals surface area (Å²) in [7, 11) is -3.76. The molecule has 6 heteroatoms. The molecule has 0 unspecified atom stereocenters. The van der Waals surface area contributed by atoms with Crippen molar-refractivity contribution in [2.24, 2.45) is 5.92 Å². The van der Waals surface area contributed by atoms with Gasteiger partial charge in [-0.15, -0.1) is 0 Å². The molecule has 0 aliphatic heterocycles. The molecular formula is C12H16BrNO3S. The molecule has 4 nitrogen and oxygen atoms in total. The number of rotatable bonds is 5. The van der Waals surface area contributed by atoms with E-state index in [4.69, 9.17) is 0 Å². The van der Waals surface area contributed by atoms with Gasteiger partial charge >= 0.3 is 0 Å². The Balaban J connectivity index is 2.74. The fraction of sp³-hybridized carbons (Fsp3) is 0.417. The molecule has 0 saturated heterocycles. The van der Waals surface area contributed by atoms with Gasteiger partial charge in [0, 0.05) is 10.9 Å². The lowest BCUT2D eigenvalue weighted by Gasteiger charge is -2.08. The van der Waals surface area contributed by atoms with Crippen LogP contribution >= 0.6 is 15.9 Å². The molecule has 0 spiro atoms. The van der Waals surface area contributed by atoms with Crippen LogP contribution in [0, 0.1) is 5.92 Å². The molecule has 0 atom stereocenters. The number of hydrogen-bond donors (Lipinski definition) is 1. The van der Waals surface area contributed by atoms with Gasteiger partial charge in [-0.05, 0) is 30.5 Å². The standard InChI is InChI=1S/C12H16BrNO3S/c1-9(2)6-7-12(15)14-18(16,17)11-5-3-4-10(13)8-11/h3-5,8-9H,6-7H2,1-2H3,(H,14,15). The topological polar surface area (TPSA) is 63.2 Å². The molecule has 0 aliphatic carbocycles. The van der Waals surface area contributed by atoms with E-state index in [0.29, 0.717) is 16.8 Å². The molecule has 1 rings (SSSR count). The van der Waals surface area contributed by atoms with Gasteiger partial charge < -0.3 is 0 Å². The summed E-state index contributed by atoms with van der Waals surface area (Å²) in [5.41, 5.74) is 0. The second-order valence-corrected chi connectivity index (χ2v) is 7.02. The highest BCUT2D eigenvalue weighted by molar-refractivity contribution is 9.10. The van der Waals surface area contributed by atoms with E-state index in [1.54, 1.807) is 12.1 Å². The number of amides is 1. The van der Waals surface area contributed by atoms with Crippen LogP contribution in [0.3, 0.4) is 0 Å². The molecule has 0 aromatic heterocycles. The van der Waals surface area contributed by atoms with Crippen LogP contribution in [-0.2, 0) is 14.8 Å². The van der Waals surface area contributed by atoms with Crippen molar-refractivity contribution in [3.8, 4) is 0 Å². The number of carbonyl (C=O) groups excluding carboxylic acids is 1. The van der Waals surface area contributed by atoms with Crippen molar-refractivity contribution in [3.63, 3.8) is 0 Å². The summed E-state index contributed by atoms with van der Waals surface area (Å²) in [4.78, 5) is 11.6. The Morgan fingerprint density at radius 3 is 2.61 bits per heavy atom. The van der Waals surface area contributed by atoms with Crippen molar-refractivity contribution < 1.29 is 13.2 Å². The summed E-state index contributed by atoms with van der Waals surface area (Å²) in [6, 6.07) is 6.23. The van der Waals surface area contributed by atoms with Crippen LogP contribution in [0.2, 0.25) is 0 Å². The molecule has 1 aromatic rings. The smallest absolute Gasteiger partial charge is 0.264 e. The maximum atomic E-state index is 11.9. The Kier molecular flexibility index (Phi) is 5.34. The predicted octanol–water partition coefficient (Wildman–Crippen LogP) is 2.69. The summed E-state index contributed by atoms with van der Waals surface area (Å²) in [6.07, 6.45) is 0.880. The molecule has 1 amide bonds. The van der Waals surface area contributed by atoms with Crippen LogP contribution in [0.5, 0.6) is 0 Å². The molecule has 1 N–H and O–H groups in total. The van der Waals surface area contributed by atoms with Crippen LogP contribution in [-0.4, -0.2) is 14.3 Å². The van der Waals surface area contributed by atoms with Crippen LogP contribution < -0.4 is 4.72 Å². The minimum Gasteiger partial charge on any atom is -0.274 e. The van der Waals surface area contributed by atoms with E-state index < -0.39 is 15.9 Å². The third-order valence-corrected chi connectivity index (χ3v) is 4.17. The zero-order valence-electron chi connectivity index (χ0n) is 10.3. The highest BCUT2D eigenvalue weighted by Crippen LogP contribution is 2.16. The Bertz CT molecular complexity index is 526. The Hall–Kier alpha value is -0.880. The molecule has 0 radical (unpaired) electrons. The summed E-state index contributed by atoms with van der Waals surface area (Å²) in [6.45, 7) is 3.96. The second-order valence-electron chi connectivity index (χ2n) is 4.42. The van der Waals surface area contributed by atoms with E-state index in [0.717, 1.165) is 0 Å². The second kappa shape index (κ2) is 6.33.